The summed E-state index contributed by atoms with van der Waals surface area (Å²) in [4.78, 5) is 4.50. The predicted octanol–water partition coefficient (Wildman–Crippen LogP) is 5.89. The fraction of sp³-hybridized carbons (Fsp3) is 0.292. The van der Waals surface area contributed by atoms with Gasteiger partial charge in [-0.3, -0.25) is 4.98 Å². The molecule has 0 amide bonds. The van der Waals surface area contributed by atoms with E-state index in [2.05, 4.69) is 34.3 Å². The number of hydrogen-bond donors (Lipinski definition) is 3. The van der Waals surface area contributed by atoms with Crippen LogP contribution in [0.15, 0.2) is 55.2 Å². The van der Waals surface area contributed by atoms with E-state index in [9.17, 15) is 5.11 Å². The molecule has 0 aliphatic heterocycles. The lowest BCUT2D eigenvalue weighted by Crippen LogP contribution is -2.29. The SMILES string of the molecule is C=C(NC1CCCCC1)c1ccc2nccc(Nc3cc(O)ccc3C)c2c1. The summed E-state index contributed by atoms with van der Waals surface area (Å²) in [6, 6.07) is 14.1. The second-order valence-electron chi connectivity index (χ2n) is 7.67. The largest absolute Gasteiger partial charge is 0.508 e. The second kappa shape index (κ2) is 7.93. The molecule has 1 aliphatic rings. The van der Waals surface area contributed by atoms with E-state index >= 15 is 0 Å². The Morgan fingerprint density at radius 3 is 2.68 bits per heavy atom. The van der Waals surface area contributed by atoms with Gasteiger partial charge in [-0.05, 0) is 55.2 Å². The smallest absolute Gasteiger partial charge is 0.117 e. The van der Waals surface area contributed by atoms with Gasteiger partial charge in [-0.15, -0.1) is 0 Å². The second-order valence-corrected chi connectivity index (χ2v) is 7.67. The highest BCUT2D eigenvalue weighted by Crippen LogP contribution is 2.30. The third-order valence-corrected chi connectivity index (χ3v) is 5.56. The molecular weight excluding hydrogens is 346 g/mol. The molecule has 4 rings (SSSR count). The zero-order valence-electron chi connectivity index (χ0n) is 16.3. The Bertz CT molecular complexity index is 1010. The van der Waals surface area contributed by atoms with E-state index < -0.39 is 0 Å². The molecule has 0 atom stereocenters. The Morgan fingerprint density at radius 2 is 1.86 bits per heavy atom. The Hall–Kier alpha value is -3.01. The van der Waals surface area contributed by atoms with Crippen molar-refractivity contribution in [1.29, 1.82) is 0 Å². The average molecular weight is 374 g/mol. The van der Waals surface area contributed by atoms with Crippen molar-refractivity contribution in [3.63, 3.8) is 0 Å². The van der Waals surface area contributed by atoms with Gasteiger partial charge in [-0.25, -0.2) is 0 Å². The highest BCUT2D eigenvalue weighted by molar-refractivity contribution is 5.95. The normalized spacial score (nSPS) is 14.8. The third kappa shape index (κ3) is 3.96. The summed E-state index contributed by atoms with van der Waals surface area (Å²) in [6.07, 6.45) is 8.18. The quantitative estimate of drug-likeness (QED) is 0.522. The van der Waals surface area contributed by atoms with Crippen LogP contribution in [0.3, 0.4) is 0 Å². The fourth-order valence-electron chi connectivity index (χ4n) is 3.91. The molecule has 0 unspecified atom stereocenters. The Balaban J connectivity index is 1.63. The van der Waals surface area contributed by atoms with E-state index in [-0.39, 0.29) is 5.75 Å². The zero-order valence-corrected chi connectivity index (χ0v) is 16.3. The number of phenolic OH excluding ortho intramolecular Hbond substituents is 1. The van der Waals surface area contributed by atoms with Gasteiger partial charge in [0.25, 0.3) is 0 Å². The number of anilines is 2. The molecule has 1 aromatic heterocycles. The number of nitrogens with zero attached hydrogens (tertiary/aromatic N) is 1. The van der Waals surface area contributed by atoms with Crippen molar-refractivity contribution in [3.05, 3.63) is 66.4 Å². The molecule has 4 nitrogen and oxygen atoms in total. The summed E-state index contributed by atoms with van der Waals surface area (Å²) in [5, 5.41) is 17.9. The zero-order chi connectivity index (χ0) is 19.5. The van der Waals surface area contributed by atoms with Gasteiger partial charge in [-0.2, -0.15) is 0 Å². The molecule has 1 fully saturated rings. The molecular formula is C24H27N3O. The maximum atomic E-state index is 9.83. The van der Waals surface area contributed by atoms with Crippen molar-refractivity contribution in [1.82, 2.24) is 10.3 Å². The summed E-state index contributed by atoms with van der Waals surface area (Å²) < 4.78 is 0. The minimum atomic E-state index is 0.247. The van der Waals surface area contributed by atoms with Gasteiger partial charge in [0.1, 0.15) is 5.75 Å². The molecule has 1 aliphatic carbocycles. The van der Waals surface area contributed by atoms with E-state index in [4.69, 9.17) is 0 Å². The number of nitrogens with one attached hydrogen (secondary N) is 2. The van der Waals surface area contributed by atoms with E-state index in [1.807, 2.05) is 25.1 Å². The van der Waals surface area contributed by atoms with Crippen LogP contribution in [-0.2, 0) is 0 Å². The molecule has 1 saturated carbocycles. The van der Waals surface area contributed by atoms with Crippen LogP contribution in [0.4, 0.5) is 11.4 Å². The number of aromatic nitrogens is 1. The summed E-state index contributed by atoms with van der Waals surface area (Å²) in [6.45, 7) is 6.30. The van der Waals surface area contributed by atoms with Crippen LogP contribution in [0.5, 0.6) is 5.75 Å². The summed E-state index contributed by atoms with van der Waals surface area (Å²) in [5.41, 5.74) is 5.90. The summed E-state index contributed by atoms with van der Waals surface area (Å²) in [7, 11) is 0. The number of aryl methyl sites for hydroxylation is 1. The van der Waals surface area contributed by atoms with Crippen LogP contribution < -0.4 is 10.6 Å². The first kappa shape index (κ1) is 18.4. The van der Waals surface area contributed by atoms with Crippen LogP contribution in [-0.4, -0.2) is 16.1 Å². The molecule has 4 heteroatoms. The van der Waals surface area contributed by atoms with Crippen molar-refractivity contribution in [2.24, 2.45) is 0 Å². The van der Waals surface area contributed by atoms with Crippen molar-refractivity contribution in [2.45, 2.75) is 45.1 Å². The minimum absolute atomic E-state index is 0.247. The lowest BCUT2D eigenvalue weighted by molar-refractivity contribution is 0.409. The molecule has 0 bridgehead atoms. The highest BCUT2D eigenvalue weighted by atomic mass is 16.3. The number of hydrogen-bond acceptors (Lipinski definition) is 4. The minimum Gasteiger partial charge on any atom is -0.508 e. The average Bonchev–Trinajstić information content (AvgIpc) is 2.71. The first-order valence-corrected chi connectivity index (χ1v) is 10.0. The third-order valence-electron chi connectivity index (χ3n) is 5.56. The Morgan fingerprint density at radius 1 is 1.04 bits per heavy atom. The van der Waals surface area contributed by atoms with Gasteiger partial charge in [-0.1, -0.05) is 38.0 Å². The van der Waals surface area contributed by atoms with E-state index in [0.717, 1.165) is 39.1 Å². The molecule has 144 valence electrons. The number of benzene rings is 2. The number of fused-ring (bicyclic) bond motifs is 1. The predicted molar refractivity (Wildman–Crippen MR) is 117 cm³/mol. The number of pyridine rings is 1. The lowest BCUT2D eigenvalue weighted by atomic mass is 9.95. The highest BCUT2D eigenvalue weighted by Gasteiger charge is 2.14. The van der Waals surface area contributed by atoms with Crippen LogP contribution in [0.25, 0.3) is 16.6 Å². The van der Waals surface area contributed by atoms with Crippen LogP contribution in [0, 0.1) is 6.92 Å². The van der Waals surface area contributed by atoms with Gasteiger partial charge in [0, 0.05) is 40.8 Å². The van der Waals surface area contributed by atoms with Gasteiger partial charge in [0.05, 0.1) is 5.52 Å². The van der Waals surface area contributed by atoms with Crippen molar-refractivity contribution in [3.8, 4) is 5.75 Å². The monoisotopic (exact) mass is 373 g/mol. The molecule has 1 heterocycles. The van der Waals surface area contributed by atoms with Gasteiger partial charge in [0.15, 0.2) is 0 Å². The Kier molecular flexibility index (Phi) is 5.20. The molecule has 0 radical (unpaired) electrons. The number of rotatable bonds is 5. The van der Waals surface area contributed by atoms with Crippen molar-refractivity contribution in [2.75, 3.05) is 5.32 Å². The van der Waals surface area contributed by atoms with E-state index in [1.165, 1.54) is 32.1 Å². The topological polar surface area (TPSA) is 57.2 Å². The standard InChI is InChI=1S/C24H27N3O/c1-16-8-10-20(28)15-24(16)27-23-12-13-25-22-11-9-18(14-21(22)23)17(2)26-19-6-4-3-5-7-19/h8-15,19,26,28H,2-7H2,1H3,(H,25,27). The summed E-state index contributed by atoms with van der Waals surface area (Å²) in [5.74, 6) is 0.247. The van der Waals surface area contributed by atoms with Crippen LogP contribution in [0.2, 0.25) is 0 Å². The molecule has 2 aromatic carbocycles. The first-order valence-electron chi connectivity index (χ1n) is 10.0. The van der Waals surface area contributed by atoms with Crippen molar-refractivity contribution >= 4 is 28.0 Å². The molecule has 0 spiro atoms. The van der Waals surface area contributed by atoms with E-state index in [0.29, 0.717) is 6.04 Å². The maximum Gasteiger partial charge on any atom is 0.117 e. The maximum absolute atomic E-state index is 9.83. The van der Waals surface area contributed by atoms with Crippen LogP contribution in [0.1, 0.15) is 43.2 Å². The molecule has 0 saturated heterocycles. The Labute approximate surface area is 166 Å². The number of aromatic hydroxyl groups is 1. The van der Waals surface area contributed by atoms with Gasteiger partial charge >= 0.3 is 0 Å². The lowest BCUT2D eigenvalue weighted by Gasteiger charge is -2.25. The molecule has 3 aromatic rings. The van der Waals surface area contributed by atoms with Crippen molar-refractivity contribution < 1.29 is 5.11 Å². The molecule has 28 heavy (non-hydrogen) atoms. The van der Waals surface area contributed by atoms with Gasteiger partial charge in [0.2, 0.25) is 0 Å². The van der Waals surface area contributed by atoms with Crippen LogP contribution >= 0.6 is 0 Å². The van der Waals surface area contributed by atoms with E-state index in [1.54, 1.807) is 18.3 Å². The summed E-state index contributed by atoms with van der Waals surface area (Å²) >= 11 is 0. The first-order chi connectivity index (χ1) is 13.6. The number of phenols is 1. The van der Waals surface area contributed by atoms with Gasteiger partial charge < -0.3 is 15.7 Å². The molecule has 3 N–H and O–H groups in total. The fourth-order valence-corrected chi connectivity index (χ4v) is 3.91.